The second-order valence-corrected chi connectivity index (χ2v) is 5.65. The van der Waals surface area contributed by atoms with E-state index in [0.29, 0.717) is 13.1 Å². The Morgan fingerprint density at radius 3 is 2.48 bits per heavy atom. The number of carbonyl (C=O) groups excluding carboxylic acids is 3. The molecule has 122 valence electrons. The van der Waals surface area contributed by atoms with Crippen molar-refractivity contribution in [3.63, 3.8) is 0 Å². The average molecular weight is 317 g/mol. The number of amides is 4. The SMILES string of the molecule is O=C(CN1C(=O)CNC1=O)N1CCC(Oc2ccccc2)CC1. The first-order valence-electron chi connectivity index (χ1n) is 7.71. The van der Waals surface area contributed by atoms with Crippen LogP contribution in [-0.2, 0) is 9.59 Å². The molecule has 2 aliphatic rings. The minimum absolute atomic E-state index is 0.0287. The van der Waals surface area contributed by atoms with Gasteiger partial charge < -0.3 is 15.0 Å². The quantitative estimate of drug-likeness (QED) is 0.825. The molecule has 0 atom stereocenters. The third-order valence-corrected chi connectivity index (χ3v) is 4.07. The summed E-state index contributed by atoms with van der Waals surface area (Å²) < 4.78 is 5.88. The van der Waals surface area contributed by atoms with Gasteiger partial charge in [-0.15, -0.1) is 0 Å². The number of likely N-dealkylation sites (tertiary alicyclic amines) is 1. The fourth-order valence-electron chi connectivity index (χ4n) is 2.77. The number of imide groups is 1. The molecule has 2 saturated heterocycles. The van der Waals surface area contributed by atoms with E-state index in [1.165, 1.54) is 0 Å². The van der Waals surface area contributed by atoms with Gasteiger partial charge in [-0.05, 0) is 12.1 Å². The van der Waals surface area contributed by atoms with E-state index in [1.54, 1.807) is 4.90 Å². The smallest absolute Gasteiger partial charge is 0.325 e. The van der Waals surface area contributed by atoms with Crippen LogP contribution in [0.1, 0.15) is 12.8 Å². The fourth-order valence-corrected chi connectivity index (χ4v) is 2.77. The second-order valence-electron chi connectivity index (χ2n) is 5.65. The first-order valence-corrected chi connectivity index (χ1v) is 7.71. The number of rotatable bonds is 4. The maximum atomic E-state index is 12.2. The molecule has 2 heterocycles. The molecule has 0 aromatic heterocycles. The number of nitrogens with one attached hydrogen (secondary N) is 1. The normalized spacial score (nSPS) is 19.0. The van der Waals surface area contributed by atoms with Crippen LogP contribution < -0.4 is 10.1 Å². The molecule has 0 saturated carbocycles. The van der Waals surface area contributed by atoms with Crippen LogP contribution in [0.2, 0.25) is 0 Å². The summed E-state index contributed by atoms with van der Waals surface area (Å²) in [6.45, 7) is 0.925. The lowest BCUT2D eigenvalue weighted by molar-refractivity contribution is -0.137. The summed E-state index contributed by atoms with van der Waals surface area (Å²) >= 11 is 0. The van der Waals surface area contributed by atoms with Crippen molar-refractivity contribution in [1.29, 1.82) is 0 Å². The van der Waals surface area contributed by atoms with Gasteiger partial charge in [0.25, 0.3) is 5.91 Å². The number of carbonyl (C=O) groups is 3. The van der Waals surface area contributed by atoms with Crippen molar-refractivity contribution in [1.82, 2.24) is 15.1 Å². The van der Waals surface area contributed by atoms with Gasteiger partial charge in [0.1, 0.15) is 18.4 Å². The Kier molecular flexibility index (Phi) is 4.45. The molecule has 23 heavy (non-hydrogen) atoms. The van der Waals surface area contributed by atoms with Gasteiger partial charge in [-0.2, -0.15) is 0 Å². The lowest BCUT2D eigenvalue weighted by atomic mass is 10.1. The number of nitrogens with zero attached hydrogens (tertiary/aromatic N) is 2. The number of urea groups is 1. The van der Waals surface area contributed by atoms with Gasteiger partial charge in [-0.25, -0.2) is 4.79 Å². The number of benzene rings is 1. The van der Waals surface area contributed by atoms with Crippen molar-refractivity contribution < 1.29 is 19.1 Å². The highest BCUT2D eigenvalue weighted by atomic mass is 16.5. The van der Waals surface area contributed by atoms with E-state index in [-0.39, 0.29) is 31.0 Å². The van der Waals surface area contributed by atoms with Crippen LogP contribution in [0.4, 0.5) is 4.79 Å². The van der Waals surface area contributed by atoms with Crippen molar-refractivity contribution >= 4 is 17.8 Å². The summed E-state index contributed by atoms with van der Waals surface area (Å²) in [6.07, 6.45) is 1.56. The average Bonchev–Trinajstić information content (AvgIpc) is 2.88. The van der Waals surface area contributed by atoms with E-state index in [0.717, 1.165) is 23.5 Å². The summed E-state index contributed by atoms with van der Waals surface area (Å²) in [5, 5.41) is 2.41. The number of para-hydroxylation sites is 1. The van der Waals surface area contributed by atoms with Crippen molar-refractivity contribution in [2.45, 2.75) is 18.9 Å². The van der Waals surface area contributed by atoms with Crippen molar-refractivity contribution in [3.05, 3.63) is 30.3 Å². The third kappa shape index (κ3) is 3.61. The molecule has 0 unspecified atom stereocenters. The van der Waals surface area contributed by atoms with Gasteiger partial charge in [0.15, 0.2) is 0 Å². The highest BCUT2D eigenvalue weighted by molar-refractivity contribution is 6.04. The Morgan fingerprint density at radius 1 is 1.17 bits per heavy atom. The van der Waals surface area contributed by atoms with Gasteiger partial charge >= 0.3 is 6.03 Å². The molecule has 7 nitrogen and oxygen atoms in total. The Bertz CT molecular complexity index is 581. The van der Waals surface area contributed by atoms with Crippen LogP contribution >= 0.6 is 0 Å². The third-order valence-electron chi connectivity index (χ3n) is 4.07. The zero-order valence-corrected chi connectivity index (χ0v) is 12.7. The van der Waals surface area contributed by atoms with Crippen LogP contribution in [0.5, 0.6) is 5.75 Å². The van der Waals surface area contributed by atoms with Crippen molar-refractivity contribution in [3.8, 4) is 5.75 Å². The number of ether oxygens (including phenoxy) is 1. The predicted octanol–water partition coefficient (Wildman–Crippen LogP) is 0.608. The van der Waals surface area contributed by atoms with Crippen LogP contribution in [0.15, 0.2) is 30.3 Å². The Balaban J connectivity index is 1.48. The van der Waals surface area contributed by atoms with E-state index < -0.39 is 6.03 Å². The van der Waals surface area contributed by atoms with Gasteiger partial charge in [-0.3, -0.25) is 14.5 Å². The van der Waals surface area contributed by atoms with Crippen LogP contribution in [0.25, 0.3) is 0 Å². The number of piperidine rings is 1. The molecule has 2 fully saturated rings. The molecule has 3 rings (SSSR count). The first-order chi connectivity index (χ1) is 11.1. The summed E-state index contributed by atoms with van der Waals surface area (Å²) in [4.78, 5) is 37.8. The zero-order valence-electron chi connectivity index (χ0n) is 12.7. The molecular formula is C16H19N3O4. The fraction of sp³-hybridized carbons (Fsp3) is 0.438. The standard InChI is InChI=1S/C16H19N3O4/c20-14-10-17-16(22)19(14)11-15(21)18-8-6-13(7-9-18)23-12-4-2-1-3-5-12/h1-5,13H,6-11H2,(H,17,22). The molecule has 1 aromatic rings. The molecule has 0 radical (unpaired) electrons. The number of hydrogen-bond acceptors (Lipinski definition) is 4. The van der Waals surface area contributed by atoms with E-state index in [4.69, 9.17) is 4.74 Å². The van der Waals surface area contributed by atoms with Gasteiger partial charge in [-0.1, -0.05) is 18.2 Å². The summed E-state index contributed by atoms with van der Waals surface area (Å²) in [7, 11) is 0. The lowest BCUT2D eigenvalue weighted by Gasteiger charge is -2.32. The van der Waals surface area contributed by atoms with Crippen molar-refractivity contribution in [2.24, 2.45) is 0 Å². The number of hydrogen-bond donors (Lipinski definition) is 1. The van der Waals surface area contributed by atoms with Gasteiger partial charge in [0.05, 0.1) is 6.54 Å². The molecule has 1 N–H and O–H groups in total. The molecule has 0 bridgehead atoms. The Labute approximate surface area is 134 Å². The predicted molar refractivity (Wildman–Crippen MR) is 81.8 cm³/mol. The minimum Gasteiger partial charge on any atom is -0.490 e. The second kappa shape index (κ2) is 6.68. The van der Waals surface area contributed by atoms with Gasteiger partial charge in [0.2, 0.25) is 5.91 Å². The zero-order chi connectivity index (χ0) is 16.2. The molecule has 4 amide bonds. The first kappa shape index (κ1) is 15.3. The molecule has 1 aromatic carbocycles. The summed E-state index contributed by atoms with van der Waals surface area (Å²) in [5.41, 5.74) is 0. The van der Waals surface area contributed by atoms with Gasteiger partial charge in [0, 0.05) is 25.9 Å². The topological polar surface area (TPSA) is 79.0 Å². The maximum absolute atomic E-state index is 12.2. The summed E-state index contributed by atoms with van der Waals surface area (Å²) in [6, 6.07) is 9.11. The van der Waals surface area contributed by atoms with Crippen LogP contribution in [-0.4, -0.2) is 59.9 Å². The monoisotopic (exact) mass is 317 g/mol. The largest absolute Gasteiger partial charge is 0.490 e. The lowest BCUT2D eigenvalue weighted by Crippen LogP contribution is -2.47. The molecule has 2 aliphatic heterocycles. The van der Waals surface area contributed by atoms with Crippen LogP contribution in [0.3, 0.4) is 0 Å². The van der Waals surface area contributed by atoms with Crippen LogP contribution in [0, 0.1) is 0 Å². The Hall–Kier alpha value is -2.57. The Morgan fingerprint density at radius 2 is 1.87 bits per heavy atom. The van der Waals surface area contributed by atoms with E-state index in [1.807, 2.05) is 30.3 Å². The van der Waals surface area contributed by atoms with E-state index in [9.17, 15) is 14.4 Å². The highest BCUT2D eigenvalue weighted by Gasteiger charge is 2.32. The van der Waals surface area contributed by atoms with Crippen molar-refractivity contribution in [2.75, 3.05) is 26.2 Å². The summed E-state index contributed by atoms with van der Waals surface area (Å²) in [5.74, 6) is 0.274. The molecular weight excluding hydrogens is 298 g/mol. The molecule has 0 aliphatic carbocycles. The maximum Gasteiger partial charge on any atom is 0.325 e. The molecule has 0 spiro atoms. The van der Waals surface area contributed by atoms with E-state index in [2.05, 4.69) is 5.32 Å². The minimum atomic E-state index is -0.495. The molecule has 7 heteroatoms. The van der Waals surface area contributed by atoms with E-state index >= 15 is 0 Å². The highest BCUT2D eigenvalue weighted by Crippen LogP contribution is 2.18.